The summed E-state index contributed by atoms with van der Waals surface area (Å²) in [5, 5.41) is 0. The van der Waals surface area contributed by atoms with Gasteiger partial charge in [-0.2, -0.15) is 0 Å². The minimum Gasteiger partial charge on any atom is -0.0801 e. The average Bonchev–Trinajstić information content (AvgIpc) is 1.77. The molecule has 0 saturated heterocycles. The van der Waals surface area contributed by atoms with Crippen LogP contribution in [0, 0.1) is 0 Å². The molecule has 8 heavy (non-hydrogen) atoms. The number of hydrogen-bond donors (Lipinski definition) is 0. The van der Waals surface area contributed by atoms with Crippen LogP contribution in [-0.2, 0) is 0 Å². The number of thiocarbonyl (C=S) groups is 1. The molecule has 0 heterocycles. The predicted octanol–water partition coefficient (Wildman–Crippen LogP) is 2.25. The lowest BCUT2D eigenvalue weighted by Gasteiger charge is -1.99. The highest BCUT2D eigenvalue weighted by Gasteiger charge is 1.96. The Morgan fingerprint density at radius 2 is 1.88 bits per heavy atom. The van der Waals surface area contributed by atoms with E-state index in [1.54, 1.807) is 0 Å². The molecule has 42 valence electrons. The maximum Gasteiger partial charge on any atom is 0.0512 e. The average molecular weight is 189 g/mol. The zero-order valence-corrected chi connectivity index (χ0v) is 6.58. The van der Waals surface area contributed by atoms with Gasteiger partial charge in [-0.25, -0.2) is 0 Å². The van der Waals surface area contributed by atoms with Gasteiger partial charge in [-0.3, -0.25) is 0 Å². The molecule has 0 spiro atoms. The van der Waals surface area contributed by atoms with Crippen LogP contribution < -0.4 is 0 Å². The molecule has 0 N–H and O–H groups in total. The van der Waals surface area contributed by atoms with Crippen LogP contribution in [0.15, 0.2) is 24.3 Å². The molecule has 0 aromatic carbocycles. The van der Waals surface area contributed by atoms with Crippen LogP contribution in [0.1, 0.15) is 0 Å². The molecule has 0 saturated carbocycles. The fourth-order valence-electron chi connectivity index (χ4n) is 0.493. The van der Waals surface area contributed by atoms with Gasteiger partial charge in [-0.1, -0.05) is 40.3 Å². The molecule has 0 aromatic heterocycles. The number of allylic oxidation sites excluding steroid dienone is 4. The Kier molecular flexibility index (Phi) is 1.97. The van der Waals surface area contributed by atoms with E-state index in [-0.39, 0.29) is 0 Å². The first-order valence-electron chi connectivity index (χ1n) is 2.33. The van der Waals surface area contributed by atoms with Crippen LogP contribution in [0.5, 0.6) is 0 Å². The maximum absolute atomic E-state index is 4.86. The highest BCUT2D eigenvalue weighted by atomic mass is 79.9. The summed E-state index contributed by atoms with van der Waals surface area (Å²) in [5.41, 5.74) is 0. The van der Waals surface area contributed by atoms with Crippen molar-refractivity contribution in [2.45, 2.75) is 4.83 Å². The molecule has 0 nitrogen and oxygen atoms in total. The van der Waals surface area contributed by atoms with Crippen LogP contribution in [0.25, 0.3) is 0 Å². The van der Waals surface area contributed by atoms with Gasteiger partial charge >= 0.3 is 0 Å². The van der Waals surface area contributed by atoms with Crippen molar-refractivity contribution < 1.29 is 0 Å². The first-order valence-corrected chi connectivity index (χ1v) is 3.66. The van der Waals surface area contributed by atoms with Crippen molar-refractivity contribution in [3.63, 3.8) is 0 Å². The topological polar surface area (TPSA) is 0 Å². The molecule has 0 amide bonds. The van der Waals surface area contributed by atoms with Crippen molar-refractivity contribution in [1.82, 2.24) is 0 Å². The normalized spacial score (nSPS) is 19.9. The van der Waals surface area contributed by atoms with E-state index < -0.39 is 0 Å². The molecule has 0 bridgehead atoms. The van der Waals surface area contributed by atoms with Gasteiger partial charge in [0, 0.05) is 4.86 Å². The largest absolute Gasteiger partial charge is 0.0801 e. The molecule has 1 rings (SSSR count). The maximum atomic E-state index is 4.86. The van der Waals surface area contributed by atoms with Crippen molar-refractivity contribution in [3.05, 3.63) is 24.3 Å². The highest BCUT2D eigenvalue weighted by molar-refractivity contribution is 9.09. The van der Waals surface area contributed by atoms with Crippen molar-refractivity contribution in [1.29, 1.82) is 0 Å². The Morgan fingerprint density at radius 1 is 1.38 bits per heavy atom. The van der Waals surface area contributed by atoms with Gasteiger partial charge in [0.2, 0.25) is 0 Å². The lowest BCUT2D eigenvalue weighted by Crippen LogP contribution is -1.95. The van der Waals surface area contributed by atoms with Crippen LogP contribution in [0.3, 0.4) is 0 Å². The van der Waals surface area contributed by atoms with Gasteiger partial charge in [0.1, 0.15) is 0 Å². The first-order chi connectivity index (χ1) is 3.79. The quantitative estimate of drug-likeness (QED) is 0.416. The second kappa shape index (κ2) is 2.55. The molecule has 1 aliphatic carbocycles. The number of halogens is 1. The number of rotatable bonds is 0. The van der Waals surface area contributed by atoms with E-state index in [9.17, 15) is 0 Å². The molecule has 0 aliphatic heterocycles. The van der Waals surface area contributed by atoms with Gasteiger partial charge < -0.3 is 0 Å². The van der Waals surface area contributed by atoms with E-state index >= 15 is 0 Å². The summed E-state index contributed by atoms with van der Waals surface area (Å²) in [5.74, 6) is 0. The molecule has 0 unspecified atom stereocenters. The molecule has 0 atom stereocenters. The zero-order valence-electron chi connectivity index (χ0n) is 4.17. The Hall–Kier alpha value is 0.0500. The zero-order chi connectivity index (χ0) is 5.98. The third-order valence-electron chi connectivity index (χ3n) is 0.889. The lowest BCUT2D eigenvalue weighted by molar-refractivity contribution is 1.44. The van der Waals surface area contributed by atoms with E-state index in [0.29, 0.717) is 4.83 Å². The highest BCUT2D eigenvalue weighted by Crippen LogP contribution is 2.08. The Bertz CT molecular complexity index is 142. The van der Waals surface area contributed by atoms with Gasteiger partial charge in [0.15, 0.2) is 0 Å². The lowest BCUT2D eigenvalue weighted by atomic mass is 10.2. The van der Waals surface area contributed by atoms with Gasteiger partial charge in [-0.05, 0) is 12.2 Å². The monoisotopic (exact) mass is 188 g/mol. The van der Waals surface area contributed by atoms with E-state index in [4.69, 9.17) is 12.2 Å². The van der Waals surface area contributed by atoms with Crippen LogP contribution in [0.2, 0.25) is 0 Å². The minimum atomic E-state index is 0.384. The van der Waals surface area contributed by atoms with E-state index in [2.05, 4.69) is 15.9 Å². The standard InChI is InChI=1S/C6H5BrS/c7-5-1-3-6(8)4-2-5/h1-5H. The number of alkyl halides is 1. The summed E-state index contributed by atoms with van der Waals surface area (Å²) >= 11 is 8.25. The number of hydrogen-bond acceptors (Lipinski definition) is 1. The summed E-state index contributed by atoms with van der Waals surface area (Å²) in [6, 6.07) is 0. The Balaban J connectivity index is 2.68. The summed E-state index contributed by atoms with van der Waals surface area (Å²) in [6.07, 6.45) is 7.88. The molecular weight excluding hydrogens is 184 g/mol. The van der Waals surface area contributed by atoms with Crippen LogP contribution in [-0.4, -0.2) is 9.69 Å². The summed E-state index contributed by atoms with van der Waals surface area (Å²) < 4.78 is 0. The van der Waals surface area contributed by atoms with E-state index in [1.807, 2.05) is 24.3 Å². The minimum absolute atomic E-state index is 0.384. The SMILES string of the molecule is S=C1C=CC(Br)C=C1. The second-order valence-corrected chi connectivity index (χ2v) is 3.09. The van der Waals surface area contributed by atoms with Crippen LogP contribution >= 0.6 is 28.1 Å². The Labute approximate surface area is 62.4 Å². The van der Waals surface area contributed by atoms with Crippen LogP contribution in [0.4, 0.5) is 0 Å². The van der Waals surface area contributed by atoms with Crippen molar-refractivity contribution in [3.8, 4) is 0 Å². The third-order valence-corrected chi connectivity index (χ3v) is 1.77. The van der Waals surface area contributed by atoms with Crippen molar-refractivity contribution in [2.24, 2.45) is 0 Å². The Morgan fingerprint density at radius 3 is 2.25 bits per heavy atom. The third kappa shape index (κ3) is 1.53. The molecule has 0 fully saturated rings. The molecular formula is C6H5BrS. The van der Waals surface area contributed by atoms with Gasteiger partial charge in [0.25, 0.3) is 0 Å². The van der Waals surface area contributed by atoms with Gasteiger partial charge in [0.05, 0.1) is 4.83 Å². The smallest absolute Gasteiger partial charge is 0.0512 e. The molecule has 0 aromatic rings. The van der Waals surface area contributed by atoms with E-state index in [0.717, 1.165) is 4.86 Å². The first kappa shape index (κ1) is 6.17. The second-order valence-electron chi connectivity index (χ2n) is 1.57. The van der Waals surface area contributed by atoms with E-state index in [1.165, 1.54) is 0 Å². The van der Waals surface area contributed by atoms with Crippen molar-refractivity contribution in [2.75, 3.05) is 0 Å². The molecule has 0 radical (unpaired) electrons. The summed E-state index contributed by atoms with van der Waals surface area (Å²) in [7, 11) is 0. The molecule has 1 aliphatic rings. The summed E-state index contributed by atoms with van der Waals surface area (Å²) in [6.45, 7) is 0. The summed E-state index contributed by atoms with van der Waals surface area (Å²) in [4.78, 5) is 1.29. The van der Waals surface area contributed by atoms with Crippen molar-refractivity contribution >= 4 is 33.0 Å². The van der Waals surface area contributed by atoms with Gasteiger partial charge in [-0.15, -0.1) is 0 Å². The fraction of sp³-hybridized carbons (Fsp3) is 0.167. The fourth-order valence-corrected chi connectivity index (χ4v) is 0.956. The predicted molar refractivity (Wildman–Crippen MR) is 43.6 cm³/mol. The molecule has 2 heteroatoms.